The Morgan fingerprint density at radius 1 is 0.875 bits per heavy atom. The van der Waals surface area contributed by atoms with Gasteiger partial charge in [-0.3, -0.25) is 9.36 Å². The maximum Gasteiger partial charge on any atom is 0.250 e. The van der Waals surface area contributed by atoms with Crippen LogP contribution in [-0.2, 0) is 4.79 Å². The molecule has 11 nitrogen and oxygen atoms in total. The van der Waals surface area contributed by atoms with Crippen LogP contribution < -0.4 is 29.1 Å². The summed E-state index contributed by atoms with van der Waals surface area (Å²) in [7, 11) is 7.78. The Bertz CT molecular complexity index is 1470. The lowest BCUT2D eigenvalue weighted by Crippen LogP contribution is -2.20. The van der Waals surface area contributed by atoms with Gasteiger partial charge in [0.15, 0.2) is 22.5 Å². The van der Waals surface area contributed by atoms with Crippen LogP contribution in [0, 0.1) is 0 Å². The first-order chi connectivity index (χ1) is 19.5. The van der Waals surface area contributed by atoms with E-state index in [1.165, 1.54) is 18.0 Å². The monoisotopic (exact) mass is 563 g/mol. The molecule has 1 heterocycles. The van der Waals surface area contributed by atoms with Crippen molar-refractivity contribution in [3.63, 3.8) is 0 Å². The maximum atomic E-state index is 12.6. The van der Waals surface area contributed by atoms with Gasteiger partial charge in [0.05, 0.1) is 47.5 Å². The summed E-state index contributed by atoms with van der Waals surface area (Å²) >= 11 is 1.23. The maximum absolute atomic E-state index is 12.6. The smallest absolute Gasteiger partial charge is 0.250 e. The third-order valence-electron chi connectivity index (χ3n) is 5.74. The van der Waals surface area contributed by atoms with Crippen molar-refractivity contribution in [2.75, 3.05) is 41.3 Å². The molecule has 0 unspecified atom stereocenters. The molecule has 4 rings (SSSR count). The van der Waals surface area contributed by atoms with E-state index in [-0.39, 0.29) is 11.7 Å². The Kier molecular flexibility index (Phi) is 9.47. The van der Waals surface area contributed by atoms with Gasteiger partial charge in [-0.2, -0.15) is 5.10 Å². The lowest BCUT2D eigenvalue weighted by atomic mass is 10.1. The molecule has 0 bridgehead atoms. The number of thioether (sulfide) groups is 1. The SMILES string of the molecule is COc1ccc(/C=N\NC(=O)CSc2nnc(-c3cc(OC)c(OC)c(OC)c3)n2-c2ccccc2)c(OC)c1. The Balaban J connectivity index is 1.56. The molecule has 1 amide bonds. The van der Waals surface area contributed by atoms with Crippen LogP contribution in [0.1, 0.15) is 5.56 Å². The largest absolute Gasteiger partial charge is 0.497 e. The third kappa shape index (κ3) is 6.29. The predicted octanol–water partition coefficient (Wildman–Crippen LogP) is 4.22. The number of para-hydroxylation sites is 1. The molecule has 0 aliphatic carbocycles. The first kappa shape index (κ1) is 28.3. The minimum atomic E-state index is -0.314. The van der Waals surface area contributed by atoms with Crippen molar-refractivity contribution in [2.45, 2.75) is 5.16 Å². The first-order valence-corrected chi connectivity index (χ1v) is 13.0. The number of hydrogen-bond acceptors (Lipinski definition) is 10. The Hall–Kier alpha value is -4.71. The molecule has 40 heavy (non-hydrogen) atoms. The molecule has 0 saturated heterocycles. The number of rotatable bonds is 12. The third-order valence-corrected chi connectivity index (χ3v) is 6.67. The molecule has 0 atom stereocenters. The molecule has 208 valence electrons. The average Bonchev–Trinajstić information content (AvgIpc) is 3.43. The number of ether oxygens (including phenoxy) is 5. The number of methoxy groups -OCH3 is 5. The predicted molar refractivity (Wildman–Crippen MR) is 152 cm³/mol. The lowest BCUT2D eigenvalue weighted by molar-refractivity contribution is -0.118. The summed E-state index contributed by atoms with van der Waals surface area (Å²) in [5.74, 6) is 2.95. The molecule has 0 radical (unpaired) electrons. The summed E-state index contributed by atoms with van der Waals surface area (Å²) < 4.78 is 28.9. The van der Waals surface area contributed by atoms with E-state index >= 15 is 0 Å². The Morgan fingerprint density at radius 3 is 2.20 bits per heavy atom. The first-order valence-electron chi connectivity index (χ1n) is 12.0. The molecular weight excluding hydrogens is 534 g/mol. The molecule has 4 aromatic rings. The van der Waals surface area contributed by atoms with Crippen LogP contribution in [-0.4, -0.2) is 68.2 Å². The minimum Gasteiger partial charge on any atom is -0.497 e. The number of aromatic nitrogens is 3. The van der Waals surface area contributed by atoms with E-state index in [0.29, 0.717) is 50.9 Å². The second-order valence-electron chi connectivity index (χ2n) is 8.08. The van der Waals surface area contributed by atoms with E-state index < -0.39 is 0 Å². The van der Waals surface area contributed by atoms with Crippen LogP contribution in [0.25, 0.3) is 17.1 Å². The fraction of sp³-hybridized carbons (Fsp3) is 0.214. The van der Waals surface area contributed by atoms with Gasteiger partial charge in [-0.25, -0.2) is 5.43 Å². The second kappa shape index (κ2) is 13.4. The van der Waals surface area contributed by atoms with Gasteiger partial charge in [-0.1, -0.05) is 30.0 Å². The summed E-state index contributed by atoms with van der Waals surface area (Å²) in [4.78, 5) is 12.6. The number of carbonyl (C=O) groups excluding carboxylic acids is 1. The second-order valence-corrected chi connectivity index (χ2v) is 9.02. The van der Waals surface area contributed by atoms with Gasteiger partial charge in [-0.15, -0.1) is 10.2 Å². The number of nitrogens with one attached hydrogen (secondary N) is 1. The van der Waals surface area contributed by atoms with Gasteiger partial charge in [0.25, 0.3) is 5.91 Å². The molecule has 1 N–H and O–H groups in total. The molecule has 0 aliphatic heterocycles. The summed E-state index contributed by atoms with van der Waals surface area (Å²) in [5.41, 5.74) is 4.75. The zero-order valence-electron chi connectivity index (χ0n) is 22.7. The van der Waals surface area contributed by atoms with Crippen LogP contribution in [0.3, 0.4) is 0 Å². The molecular formula is C28H29N5O6S. The summed E-state index contributed by atoms with van der Waals surface area (Å²) in [5, 5.41) is 13.4. The zero-order valence-corrected chi connectivity index (χ0v) is 23.5. The van der Waals surface area contributed by atoms with E-state index in [9.17, 15) is 4.79 Å². The van der Waals surface area contributed by atoms with Crippen molar-refractivity contribution < 1.29 is 28.5 Å². The van der Waals surface area contributed by atoms with Crippen molar-refractivity contribution in [3.05, 3.63) is 66.2 Å². The number of hydrogen-bond donors (Lipinski definition) is 1. The molecule has 0 fully saturated rings. The van der Waals surface area contributed by atoms with E-state index in [4.69, 9.17) is 23.7 Å². The number of hydrazone groups is 1. The molecule has 0 aliphatic rings. The highest BCUT2D eigenvalue weighted by molar-refractivity contribution is 7.99. The normalized spacial score (nSPS) is 10.8. The van der Waals surface area contributed by atoms with Crippen molar-refractivity contribution in [3.8, 4) is 45.8 Å². The molecule has 0 saturated carbocycles. The van der Waals surface area contributed by atoms with Gasteiger partial charge in [-0.05, 0) is 36.4 Å². The fourth-order valence-corrected chi connectivity index (χ4v) is 4.58. The minimum absolute atomic E-state index is 0.0529. The highest BCUT2D eigenvalue weighted by atomic mass is 32.2. The highest BCUT2D eigenvalue weighted by Crippen LogP contribution is 2.41. The van der Waals surface area contributed by atoms with Crippen LogP contribution >= 0.6 is 11.8 Å². The highest BCUT2D eigenvalue weighted by Gasteiger charge is 2.21. The fourth-order valence-electron chi connectivity index (χ4n) is 3.83. The van der Waals surface area contributed by atoms with Gasteiger partial charge in [0.2, 0.25) is 5.75 Å². The van der Waals surface area contributed by atoms with E-state index in [2.05, 4.69) is 20.7 Å². The molecule has 12 heteroatoms. The standard InChI is InChI=1S/C28H29N5O6S/c1-35-21-12-11-18(22(15-21)36-2)16-29-30-25(34)17-40-28-32-31-27(33(28)20-9-7-6-8-10-20)19-13-23(37-3)26(39-5)24(14-19)38-4/h6-16H,17H2,1-5H3,(H,30,34)/b29-16-. The molecule has 1 aromatic heterocycles. The quantitative estimate of drug-likeness (QED) is 0.154. The summed E-state index contributed by atoms with van der Waals surface area (Å²) in [6.07, 6.45) is 1.51. The lowest BCUT2D eigenvalue weighted by Gasteiger charge is -2.15. The number of benzene rings is 3. The topological polar surface area (TPSA) is 118 Å². The van der Waals surface area contributed by atoms with Crippen LogP contribution in [0.15, 0.2) is 70.9 Å². The van der Waals surface area contributed by atoms with Crippen molar-refractivity contribution in [2.24, 2.45) is 5.10 Å². The molecule has 0 spiro atoms. The van der Waals surface area contributed by atoms with Crippen molar-refractivity contribution in [1.29, 1.82) is 0 Å². The van der Waals surface area contributed by atoms with Crippen molar-refractivity contribution >= 4 is 23.9 Å². The summed E-state index contributed by atoms with van der Waals surface area (Å²) in [6.45, 7) is 0. The Morgan fingerprint density at radius 2 is 1.57 bits per heavy atom. The number of carbonyl (C=O) groups is 1. The van der Waals surface area contributed by atoms with Crippen LogP contribution in [0.4, 0.5) is 0 Å². The van der Waals surface area contributed by atoms with Crippen LogP contribution in [0.5, 0.6) is 28.7 Å². The van der Waals surface area contributed by atoms with E-state index in [0.717, 1.165) is 5.69 Å². The number of nitrogens with zero attached hydrogens (tertiary/aromatic N) is 4. The summed E-state index contributed by atoms with van der Waals surface area (Å²) in [6, 6.07) is 18.5. The van der Waals surface area contributed by atoms with Crippen molar-refractivity contribution in [1.82, 2.24) is 20.2 Å². The van der Waals surface area contributed by atoms with Gasteiger partial charge in [0, 0.05) is 22.9 Å². The van der Waals surface area contributed by atoms with E-state index in [1.807, 2.05) is 34.9 Å². The van der Waals surface area contributed by atoms with Gasteiger partial charge >= 0.3 is 0 Å². The van der Waals surface area contributed by atoms with Gasteiger partial charge < -0.3 is 23.7 Å². The Labute approximate surface area is 236 Å². The van der Waals surface area contributed by atoms with Gasteiger partial charge in [0.1, 0.15) is 11.5 Å². The van der Waals surface area contributed by atoms with Crippen LogP contribution in [0.2, 0.25) is 0 Å². The number of amides is 1. The zero-order chi connectivity index (χ0) is 28.5. The average molecular weight is 564 g/mol. The van der Waals surface area contributed by atoms with E-state index in [1.54, 1.807) is 65.9 Å². The molecule has 3 aromatic carbocycles.